The number of carbonyl (C=O) groups is 1. The summed E-state index contributed by atoms with van der Waals surface area (Å²) >= 11 is 0. The summed E-state index contributed by atoms with van der Waals surface area (Å²) < 4.78 is 5.41. The molecule has 0 spiro atoms. The number of nitrogens with zero attached hydrogens (tertiary/aromatic N) is 1. The minimum Gasteiger partial charge on any atom is -0.379 e. The molecule has 1 aliphatic rings. The summed E-state index contributed by atoms with van der Waals surface area (Å²) in [5.74, 6) is -0.367. The van der Waals surface area contributed by atoms with E-state index in [0.717, 1.165) is 43.9 Å². The van der Waals surface area contributed by atoms with E-state index in [9.17, 15) is 9.59 Å². The molecule has 1 saturated heterocycles. The molecule has 3 aromatic rings. The molecule has 1 aliphatic heterocycles. The zero-order valence-corrected chi connectivity index (χ0v) is 15.6. The number of hydrogen-bond acceptors (Lipinski definition) is 4. The van der Waals surface area contributed by atoms with E-state index in [4.69, 9.17) is 4.74 Å². The second kappa shape index (κ2) is 8.37. The number of nitrogens with one attached hydrogen (secondary N) is 2. The Hall–Kier alpha value is -2.96. The largest absolute Gasteiger partial charge is 0.379 e. The lowest BCUT2D eigenvalue weighted by Crippen LogP contribution is -2.36. The van der Waals surface area contributed by atoms with E-state index in [2.05, 4.69) is 21.3 Å². The third-order valence-corrected chi connectivity index (χ3v) is 5.09. The summed E-state index contributed by atoms with van der Waals surface area (Å²) in [6.45, 7) is 4.53. The van der Waals surface area contributed by atoms with Gasteiger partial charge >= 0.3 is 0 Å². The molecule has 144 valence electrons. The van der Waals surface area contributed by atoms with E-state index < -0.39 is 0 Å². The average molecular weight is 377 g/mol. The molecule has 1 aromatic heterocycles. The van der Waals surface area contributed by atoms with Crippen molar-refractivity contribution in [1.82, 2.24) is 15.2 Å². The number of H-pyrrole nitrogens is 1. The van der Waals surface area contributed by atoms with Gasteiger partial charge in [0.1, 0.15) is 5.56 Å². The lowest BCUT2D eigenvalue weighted by atomic mass is 10.1. The Morgan fingerprint density at radius 3 is 2.57 bits per heavy atom. The Bertz CT molecular complexity index is 1040. The molecule has 0 atom stereocenters. The maximum Gasteiger partial charge on any atom is 0.257 e. The highest BCUT2D eigenvalue weighted by molar-refractivity contribution is 5.97. The number of ether oxygens (including phenoxy) is 1. The molecule has 0 aliphatic carbocycles. The Balaban J connectivity index is 1.48. The molecule has 2 aromatic carbocycles. The normalized spacial score (nSPS) is 14.9. The summed E-state index contributed by atoms with van der Waals surface area (Å²) in [4.78, 5) is 30.6. The van der Waals surface area contributed by atoms with Gasteiger partial charge in [0.2, 0.25) is 5.43 Å². The molecule has 0 bridgehead atoms. The maximum atomic E-state index is 12.6. The van der Waals surface area contributed by atoms with Crippen molar-refractivity contribution in [1.29, 1.82) is 0 Å². The highest BCUT2D eigenvalue weighted by atomic mass is 16.5. The number of pyridine rings is 1. The van der Waals surface area contributed by atoms with E-state index in [0.29, 0.717) is 11.9 Å². The molecule has 1 amide bonds. The van der Waals surface area contributed by atoms with Crippen LogP contribution < -0.4 is 10.7 Å². The van der Waals surface area contributed by atoms with Crippen LogP contribution in [-0.2, 0) is 17.8 Å². The number of morpholine rings is 1. The van der Waals surface area contributed by atoms with Gasteiger partial charge in [-0.05, 0) is 23.3 Å². The van der Waals surface area contributed by atoms with Crippen LogP contribution in [0.4, 0.5) is 0 Å². The van der Waals surface area contributed by atoms with Gasteiger partial charge < -0.3 is 15.0 Å². The van der Waals surface area contributed by atoms with E-state index in [-0.39, 0.29) is 16.9 Å². The molecule has 2 heterocycles. The van der Waals surface area contributed by atoms with Crippen LogP contribution >= 0.6 is 0 Å². The van der Waals surface area contributed by atoms with E-state index in [1.54, 1.807) is 12.1 Å². The van der Waals surface area contributed by atoms with Crippen molar-refractivity contribution >= 4 is 16.8 Å². The van der Waals surface area contributed by atoms with Crippen molar-refractivity contribution in [2.75, 3.05) is 26.3 Å². The molecule has 2 N–H and O–H groups in total. The average Bonchev–Trinajstić information content (AvgIpc) is 2.74. The summed E-state index contributed by atoms with van der Waals surface area (Å²) in [5.41, 5.74) is 2.83. The third-order valence-electron chi connectivity index (χ3n) is 5.09. The zero-order chi connectivity index (χ0) is 19.3. The SMILES string of the molecule is O=C(NCc1ccccc1CN1CCOCC1)c1c[nH]c2ccccc2c1=O. The Kier molecular flexibility index (Phi) is 5.50. The van der Waals surface area contributed by atoms with Crippen LogP contribution in [0.1, 0.15) is 21.5 Å². The van der Waals surface area contributed by atoms with Gasteiger partial charge in [0.05, 0.1) is 13.2 Å². The highest BCUT2D eigenvalue weighted by Crippen LogP contribution is 2.13. The molecule has 1 fully saturated rings. The number of amides is 1. The fraction of sp³-hybridized carbons (Fsp3) is 0.273. The zero-order valence-electron chi connectivity index (χ0n) is 15.6. The smallest absolute Gasteiger partial charge is 0.257 e. The Morgan fingerprint density at radius 2 is 1.75 bits per heavy atom. The van der Waals surface area contributed by atoms with E-state index in [1.807, 2.05) is 30.3 Å². The van der Waals surface area contributed by atoms with Gasteiger partial charge in [-0.1, -0.05) is 36.4 Å². The first-order valence-electron chi connectivity index (χ1n) is 9.48. The molecule has 6 heteroatoms. The standard InChI is InChI=1S/C22H23N3O3/c26-21-18-7-3-4-8-20(18)23-14-19(21)22(27)24-13-16-5-1-2-6-17(16)15-25-9-11-28-12-10-25/h1-8,14H,9-13,15H2,(H,23,26)(H,24,27). The van der Waals surface area contributed by atoms with Crippen LogP contribution in [0.5, 0.6) is 0 Å². The first-order valence-corrected chi connectivity index (χ1v) is 9.48. The molecule has 0 radical (unpaired) electrons. The molecule has 0 saturated carbocycles. The van der Waals surface area contributed by atoms with Gasteiger partial charge in [0, 0.05) is 43.3 Å². The minimum atomic E-state index is -0.367. The van der Waals surface area contributed by atoms with Gasteiger partial charge in [0.25, 0.3) is 5.91 Å². The minimum absolute atomic E-state index is 0.129. The molecule has 0 unspecified atom stereocenters. The maximum absolute atomic E-state index is 12.6. The van der Waals surface area contributed by atoms with Gasteiger partial charge in [-0.15, -0.1) is 0 Å². The lowest BCUT2D eigenvalue weighted by molar-refractivity contribution is 0.0340. The van der Waals surface area contributed by atoms with Gasteiger partial charge in [-0.3, -0.25) is 14.5 Å². The fourth-order valence-corrected chi connectivity index (χ4v) is 3.49. The summed E-state index contributed by atoms with van der Waals surface area (Å²) in [5, 5.41) is 3.41. The van der Waals surface area contributed by atoms with Crippen LogP contribution in [0.25, 0.3) is 10.9 Å². The van der Waals surface area contributed by atoms with Crippen molar-refractivity contribution in [2.24, 2.45) is 0 Å². The number of aromatic amines is 1. The number of benzene rings is 2. The molecule has 6 nitrogen and oxygen atoms in total. The van der Waals surface area contributed by atoms with Crippen molar-refractivity contribution in [2.45, 2.75) is 13.1 Å². The topological polar surface area (TPSA) is 74.4 Å². The Morgan fingerprint density at radius 1 is 1.04 bits per heavy atom. The first kappa shape index (κ1) is 18.4. The third kappa shape index (κ3) is 3.98. The van der Waals surface area contributed by atoms with Crippen molar-refractivity contribution < 1.29 is 9.53 Å². The highest BCUT2D eigenvalue weighted by Gasteiger charge is 2.15. The van der Waals surface area contributed by atoms with Gasteiger partial charge in [0.15, 0.2) is 0 Å². The van der Waals surface area contributed by atoms with Gasteiger partial charge in [-0.2, -0.15) is 0 Å². The quantitative estimate of drug-likeness (QED) is 0.715. The first-order chi connectivity index (χ1) is 13.7. The second-order valence-electron chi connectivity index (χ2n) is 6.92. The van der Waals surface area contributed by atoms with Crippen LogP contribution in [0.2, 0.25) is 0 Å². The second-order valence-corrected chi connectivity index (χ2v) is 6.92. The summed E-state index contributed by atoms with van der Waals surface area (Å²) in [7, 11) is 0. The van der Waals surface area contributed by atoms with Gasteiger partial charge in [-0.25, -0.2) is 0 Å². The summed E-state index contributed by atoms with van der Waals surface area (Å²) in [6.07, 6.45) is 1.49. The predicted octanol–water partition coefficient (Wildman–Crippen LogP) is 2.29. The number of hydrogen-bond donors (Lipinski definition) is 2. The lowest BCUT2D eigenvalue weighted by Gasteiger charge is -2.27. The van der Waals surface area contributed by atoms with Crippen molar-refractivity contribution in [3.63, 3.8) is 0 Å². The van der Waals surface area contributed by atoms with Crippen LogP contribution in [0.3, 0.4) is 0 Å². The number of para-hydroxylation sites is 1. The van der Waals surface area contributed by atoms with Crippen LogP contribution in [0.15, 0.2) is 59.5 Å². The predicted molar refractivity (Wildman–Crippen MR) is 108 cm³/mol. The van der Waals surface area contributed by atoms with Crippen molar-refractivity contribution in [3.8, 4) is 0 Å². The number of carbonyl (C=O) groups excluding carboxylic acids is 1. The number of aromatic nitrogens is 1. The van der Waals surface area contributed by atoms with Crippen LogP contribution in [0, 0.1) is 0 Å². The van der Waals surface area contributed by atoms with Crippen molar-refractivity contribution in [3.05, 3.63) is 81.6 Å². The van der Waals surface area contributed by atoms with E-state index >= 15 is 0 Å². The monoisotopic (exact) mass is 377 g/mol. The van der Waals surface area contributed by atoms with Crippen LogP contribution in [-0.4, -0.2) is 42.1 Å². The molecule has 28 heavy (non-hydrogen) atoms. The molecule has 4 rings (SSSR count). The molecular formula is C22H23N3O3. The Labute approximate surface area is 163 Å². The fourth-order valence-electron chi connectivity index (χ4n) is 3.49. The van der Waals surface area contributed by atoms with E-state index in [1.165, 1.54) is 11.8 Å². The summed E-state index contributed by atoms with van der Waals surface area (Å²) in [6, 6.07) is 15.3. The molecular weight excluding hydrogens is 354 g/mol. The number of rotatable bonds is 5. The number of fused-ring (bicyclic) bond motifs is 1.